The molecule has 122 valence electrons. The van der Waals surface area contributed by atoms with Gasteiger partial charge in [-0.05, 0) is 31.0 Å². The molecule has 0 bridgehead atoms. The van der Waals surface area contributed by atoms with Crippen molar-refractivity contribution in [3.05, 3.63) is 30.6 Å². The molecule has 4 rings (SSSR count). The zero-order chi connectivity index (χ0) is 15.9. The van der Waals surface area contributed by atoms with E-state index < -0.39 is 9.84 Å². The summed E-state index contributed by atoms with van der Waals surface area (Å²) in [5.41, 5.74) is 0.952. The molecule has 2 aliphatic rings. The van der Waals surface area contributed by atoms with E-state index in [9.17, 15) is 8.42 Å². The summed E-state index contributed by atoms with van der Waals surface area (Å²) in [5, 5.41) is 0. The lowest BCUT2D eigenvalue weighted by Crippen LogP contribution is -2.25. The minimum Gasteiger partial charge on any atom is -0.486 e. The Kier molecular flexibility index (Phi) is 3.52. The van der Waals surface area contributed by atoms with Crippen molar-refractivity contribution >= 4 is 9.84 Å². The lowest BCUT2D eigenvalue weighted by molar-refractivity contribution is 0.171. The van der Waals surface area contributed by atoms with E-state index in [1.54, 1.807) is 6.20 Å². The van der Waals surface area contributed by atoms with Gasteiger partial charge in [-0.15, -0.1) is 0 Å². The summed E-state index contributed by atoms with van der Waals surface area (Å²) in [7, 11) is -2.87. The number of hydrogen-bond donors (Lipinski definition) is 0. The maximum atomic E-state index is 11.6. The number of nitrogens with zero attached hydrogens (tertiary/aromatic N) is 2. The number of hydrogen-bond acceptors (Lipinski definition) is 5. The topological polar surface area (TPSA) is 70.4 Å². The summed E-state index contributed by atoms with van der Waals surface area (Å²) >= 11 is 0. The average Bonchev–Trinajstić information content (AvgIpc) is 3.04. The first-order chi connectivity index (χ1) is 11.1. The molecule has 6 nitrogen and oxygen atoms in total. The molecule has 0 radical (unpaired) electrons. The van der Waals surface area contributed by atoms with Crippen molar-refractivity contribution in [2.45, 2.75) is 18.9 Å². The van der Waals surface area contributed by atoms with Crippen molar-refractivity contribution in [2.24, 2.45) is 0 Å². The highest BCUT2D eigenvalue weighted by atomic mass is 32.2. The van der Waals surface area contributed by atoms with Gasteiger partial charge in [0.05, 0.1) is 11.5 Å². The number of aromatic nitrogens is 2. The van der Waals surface area contributed by atoms with Gasteiger partial charge in [0.1, 0.15) is 28.9 Å². The molecule has 1 aromatic heterocycles. The van der Waals surface area contributed by atoms with E-state index in [2.05, 4.69) is 9.55 Å². The number of benzene rings is 1. The second-order valence-electron chi connectivity index (χ2n) is 5.90. The van der Waals surface area contributed by atoms with Crippen LogP contribution in [0.4, 0.5) is 0 Å². The first-order valence-corrected chi connectivity index (χ1v) is 9.58. The molecule has 0 aliphatic carbocycles. The fourth-order valence-electron chi connectivity index (χ4n) is 3.17. The molecule has 2 aliphatic heterocycles. The maximum Gasteiger partial charge on any atom is 0.162 e. The SMILES string of the molecule is O=S1(=O)CCC(n2ccnc2-c2ccc3c(c2)OCCO3)CC1. The fourth-order valence-corrected chi connectivity index (χ4v) is 4.64. The van der Waals surface area contributed by atoms with Gasteiger partial charge in [0.2, 0.25) is 0 Å². The van der Waals surface area contributed by atoms with Crippen LogP contribution < -0.4 is 9.47 Å². The van der Waals surface area contributed by atoms with Crippen LogP contribution >= 0.6 is 0 Å². The second kappa shape index (κ2) is 5.56. The second-order valence-corrected chi connectivity index (χ2v) is 8.20. The van der Waals surface area contributed by atoms with Crippen molar-refractivity contribution in [3.8, 4) is 22.9 Å². The molecular weight excluding hydrogens is 316 g/mol. The molecule has 0 unspecified atom stereocenters. The molecule has 23 heavy (non-hydrogen) atoms. The van der Waals surface area contributed by atoms with Crippen LogP contribution in [0.3, 0.4) is 0 Å². The number of sulfone groups is 1. The van der Waals surface area contributed by atoms with E-state index in [0.717, 1.165) is 22.9 Å². The van der Waals surface area contributed by atoms with Gasteiger partial charge >= 0.3 is 0 Å². The molecule has 3 heterocycles. The van der Waals surface area contributed by atoms with Gasteiger partial charge in [0, 0.05) is 24.0 Å². The molecule has 0 N–H and O–H groups in total. The number of rotatable bonds is 2. The number of ether oxygens (including phenoxy) is 2. The third-order valence-corrected chi connectivity index (χ3v) is 6.10. The van der Waals surface area contributed by atoms with Crippen LogP contribution in [0.15, 0.2) is 30.6 Å². The predicted octanol–water partition coefficient (Wildman–Crippen LogP) is 2.07. The highest BCUT2D eigenvalue weighted by molar-refractivity contribution is 7.91. The van der Waals surface area contributed by atoms with E-state index in [1.807, 2.05) is 24.4 Å². The molecule has 0 saturated carbocycles. The van der Waals surface area contributed by atoms with Crippen LogP contribution in [0, 0.1) is 0 Å². The Labute approximate surface area is 135 Å². The molecule has 0 atom stereocenters. The van der Waals surface area contributed by atoms with E-state index in [-0.39, 0.29) is 17.5 Å². The molecule has 1 saturated heterocycles. The molecule has 1 aromatic carbocycles. The fraction of sp³-hybridized carbons (Fsp3) is 0.438. The van der Waals surface area contributed by atoms with Crippen molar-refractivity contribution in [1.82, 2.24) is 9.55 Å². The van der Waals surface area contributed by atoms with Gasteiger partial charge in [-0.2, -0.15) is 0 Å². The van der Waals surface area contributed by atoms with Gasteiger partial charge in [0.15, 0.2) is 11.5 Å². The maximum absolute atomic E-state index is 11.6. The molecule has 1 fully saturated rings. The Morgan fingerprint density at radius 1 is 1.09 bits per heavy atom. The van der Waals surface area contributed by atoms with Crippen LogP contribution in [-0.4, -0.2) is 42.7 Å². The predicted molar refractivity (Wildman–Crippen MR) is 85.6 cm³/mol. The summed E-state index contributed by atoms with van der Waals surface area (Å²) in [6.45, 7) is 1.11. The van der Waals surface area contributed by atoms with Gasteiger partial charge in [-0.25, -0.2) is 13.4 Å². The van der Waals surface area contributed by atoms with Gasteiger partial charge < -0.3 is 14.0 Å². The monoisotopic (exact) mass is 334 g/mol. The average molecular weight is 334 g/mol. The normalized spacial score (nSPS) is 20.3. The summed E-state index contributed by atoms with van der Waals surface area (Å²) in [4.78, 5) is 4.46. The van der Waals surface area contributed by atoms with E-state index >= 15 is 0 Å². The molecule has 2 aromatic rings. The lowest BCUT2D eigenvalue weighted by Gasteiger charge is -2.25. The summed E-state index contributed by atoms with van der Waals surface area (Å²) in [6.07, 6.45) is 4.95. The summed E-state index contributed by atoms with van der Waals surface area (Å²) in [6, 6.07) is 5.97. The quantitative estimate of drug-likeness (QED) is 0.841. The summed E-state index contributed by atoms with van der Waals surface area (Å²) < 4.78 is 36.5. The zero-order valence-corrected chi connectivity index (χ0v) is 13.5. The first-order valence-electron chi connectivity index (χ1n) is 7.76. The van der Waals surface area contributed by atoms with Crippen LogP contribution in [0.1, 0.15) is 18.9 Å². The van der Waals surface area contributed by atoms with Crippen LogP contribution in [0.5, 0.6) is 11.5 Å². The van der Waals surface area contributed by atoms with E-state index in [0.29, 0.717) is 26.1 Å². The highest BCUT2D eigenvalue weighted by Gasteiger charge is 2.26. The van der Waals surface area contributed by atoms with Crippen LogP contribution in [0.25, 0.3) is 11.4 Å². The number of fused-ring (bicyclic) bond motifs is 1. The Hall–Kier alpha value is -2.02. The van der Waals surface area contributed by atoms with Crippen molar-refractivity contribution in [2.75, 3.05) is 24.7 Å². The Morgan fingerprint density at radius 2 is 1.83 bits per heavy atom. The van der Waals surface area contributed by atoms with Crippen molar-refractivity contribution < 1.29 is 17.9 Å². The number of imidazole rings is 1. The standard InChI is InChI=1S/C16H18N2O4S/c19-23(20)9-3-13(4-10-23)18-6-5-17-16(18)12-1-2-14-15(11-12)22-8-7-21-14/h1-2,5-6,11,13H,3-4,7-10H2. The first kappa shape index (κ1) is 14.6. The van der Waals surface area contributed by atoms with Gasteiger partial charge in [-0.1, -0.05) is 0 Å². The minimum absolute atomic E-state index is 0.171. The van der Waals surface area contributed by atoms with Crippen LogP contribution in [0.2, 0.25) is 0 Å². The van der Waals surface area contributed by atoms with E-state index in [4.69, 9.17) is 9.47 Å². The third kappa shape index (κ3) is 2.81. The largest absolute Gasteiger partial charge is 0.486 e. The Balaban J connectivity index is 1.65. The molecule has 0 spiro atoms. The smallest absolute Gasteiger partial charge is 0.162 e. The zero-order valence-electron chi connectivity index (χ0n) is 12.6. The minimum atomic E-state index is -2.87. The summed E-state index contributed by atoms with van der Waals surface area (Å²) in [5.74, 6) is 2.81. The highest BCUT2D eigenvalue weighted by Crippen LogP contribution is 2.35. The van der Waals surface area contributed by atoms with Crippen molar-refractivity contribution in [3.63, 3.8) is 0 Å². The Bertz CT molecular complexity index is 814. The van der Waals surface area contributed by atoms with Crippen LogP contribution in [-0.2, 0) is 9.84 Å². The third-order valence-electron chi connectivity index (χ3n) is 4.39. The van der Waals surface area contributed by atoms with Gasteiger partial charge in [0.25, 0.3) is 0 Å². The Morgan fingerprint density at radius 3 is 2.61 bits per heavy atom. The molecular formula is C16H18N2O4S. The van der Waals surface area contributed by atoms with Crippen molar-refractivity contribution in [1.29, 1.82) is 0 Å². The molecule has 0 amide bonds. The van der Waals surface area contributed by atoms with Gasteiger partial charge in [-0.3, -0.25) is 0 Å². The van der Waals surface area contributed by atoms with E-state index in [1.165, 1.54) is 0 Å². The molecule has 7 heteroatoms. The lowest BCUT2D eigenvalue weighted by atomic mass is 10.1.